The van der Waals surface area contributed by atoms with Crippen LogP contribution >= 0.6 is 11.6 Å². The van der Waals surface area contributed by atoms with E-state index in [0.717, 1.165) is 31.2 Å². The van der Waals surface area contributed by atoms with Crippen LogP contribution in [0.5, 0.6) is 5.75 Å². The second-order valence-corrected chi connectivity index (χ2v) is 6.48. The van der Waals surface area contributed by atoms with Gasteiger partial charge in [-0.05, 0) is 37.0 Å². The van der Waals surface area contributed by atoms with E-state index in [-0.39, 0.29) is 12.3 Å². The van der Waals surface area contributed by atoms with Crippen molar-refractivity contribution in [2.45, 2.75) is 50.5 Å². The zero-order valence-corrected chi connectivity index (χ0v) is 14.0. The molecule has 0 aliphatic heterocycles. The first kappa shape index (κ1) is 17.6. The van der Waals surface area contributed by atoms with Gasteiger partial charge in [0, 0.05) is 6.42 Å². The van der Waals surface area contributed by atoms with Crippen molar-refractivity contribution in [1.82, 2.24) is 5.32 Å². The van der Waals surface area contributed by atoms with Crippen molar-refractivity contribution < 1.29 is 19.4 Å². The van der Waals surface area contributed by atoms with Crippen molar-refractivity contribution in [1.29, 1.82) is 0 Å². The van der Waals surface area contributed by atoms with Gasteiger partial charge in [0.25, 0.3) is 0 Å². The summed E-state index contributed by atoms with van der Waals surface area (Å²) in [6.07, 6.45) is 4.25. The summed E-state index contributed by atoms with van der Waals surface area (Å²) in [6.45, 7) is 0. The molecule has 0 saturated heterocycles. The SMILES string of the molecule is COc1ccc(CCC(=O)NC2(CC(=O)O)CCCC2)cc1Cl. The molecule has 5 nitrogen and oxygen atoms in total. The number of halogens is 1. The number of ether oxygens (including phenoxy) is 1. The molecule has 1 aliphatic carbocycles. The summed E-state index contributed by atoms with van der Waals surface area (Å²) in [5.41, 5.74) is 0.380. The zero-order valence-electron chi connectivity index (χ0n) is 13.2. The van der Waals surface area contributed by atoms with Gasteiger partial charge in [-0.25, -0.2) is 0 Å². The third-order valence-corrected chi connectivity index (χ3v) is 4.61. The number of hydrogen-bond donors (Lipinski definition) is 2. The number of carbonyl (C=O) groups excluding carboxylic acids is 1. The van der Waals surface area contributed by atoms with Crippen molar-refractivity contribution in [2.24, 2.45) is 0 Å². The maximum Gasteiger partial charge on any atom is 0.305 e. The van der Waals surface area contributed by atoms with Crippen LogP contribution in [-0.4, -0.2) is 29.6 Å². The van der Waals surface area contributed by atoms with Gasteiger partial charge in [-0.15, -0.1) is 0 Å². The molecule has 1 aromatic rings. The van der Waals surface area contributed by atoms with Crippen LogP contribution in [0.1, 0.15) is 44.1 Å². The lowest BCUT2D eigenvalue weighted by atomic mass is 9.93. The van der Waals surface area contributed by atoms with Crippen LogP contribution in [0, 0.1) is 0 Å². The highest BCUT2D eigenvalue weighted by Gasteiger charge is 2.37. The van der Waals surface area contributed by atoms with Gasteiger partial charge in [0.1, 0.15) is 5.75 Å². The van der Waals surface area contributed by atoms with Gasteiger partial charge >= 0.3 is 5.97 Å². The summed E-state index contributed by atoms with van der Waals surface area (Å²) in [7, 11) is 1.55. The Morgan fingerprint density at radius 1 is 1.35 bits per heavy atom. The Morgan fingerprint density at radius 2 is 2.04 bits per heavy atom. The quantitative estimate of drug-likeness (QED) is 0.800. The van der Waals surface area contributed by atoms with E-state index in [9.17, 15) is 9.59 Å². The second-order valence-electron chi connectivity index (χ2n) is 6.08. The molecular formula is C17H22ClNO4. The molecule has 1 aromatic carbocycles. The third-order valence-electron chi connectivity index (χ3n) is 4.31. The van der Waals surface area contributed by atoms with E-state index in [0.29, 0.717) is 23.6 Å². The molecule has 0 radical (unpaired) electrons. The standard InChI is InChI=1S/C17H22ClNO4/c1-23-14-6-4-12(10-13(14)18)5-7-15(20)19-17(11-16(21)22)8-2-3-9-17/h4,6,10H,2-3,5,7-9,11H2,1H3,(H,19,20)(H,21,22). The molecule has 0 atom stereocenters. The van der Waals surface area contributed by atoms with E-state index in [1.807, 2.05) is 6.07 Å². The summed E-state index contributed by atoms with van der Waals surface area (Å²) in [4.78, 5) is 23.2. The van der Waals surface area contributed by atoms with E-state index in [1.165, 1.54) is 0 Å². The topological polar surface area (TPSA) is 75.6 Å². The summed E-state index contributed by atoms with van der Waals surface area (Å²) < 4.78 is 5.10. The maximum absolute atomic E-state index is 12.2. The van der Waals surface area contributed by atoms with E-state index >= 15 is 0 Å². The zero-order chi connectivity index (χ0) is 16.9. The highest BCUT2D eigenvalue weighted by Crippen LogP contribution is 2.33. The van der Waals surface area contributed by atoms with E-state index < -0.39 is 11.5 Å². The summed E-state index contributed by atoms with van der Waals surface area (Å²) >= 11 is 6.07. The number of nitrogens with one attached hydrogen (secondary N) is 1. The van der Waals surface area contributed by atoms with Crippen LogP contribution in [0.25, 0.3) is 0 Å². The molecule has 2 rings (SSSR count). The minimum absolute atomic E-state index is 0.00684. The molecule has 6 heteroatoms. The molecule has 1 saturated carbocycles. The number of benzene rings is 1. The van der Waals surface area contributed by atoms with Gasteiger partial charge in [-0.2, -0.15) is 0 Å². The van der Waals surface area contributed by atoms with Gasteiger partial charge in [0.15, 0.2) is 0 Å². The monoisotopic (exact) mass is 339 g/mol. The summed E-state index contributed by atoms with van der Waals surface area (Å²) in [5.74, 6) is -0.375. The van der Waals surface area contributed by atoms with E-state index in [4.69, 9.17) is 21.4 Å². The molecule has 1 aliphatic rings. The predicted octanol–water partition coefficient (Wildman–Crippen LogP) is 3.18. The van der Waals surface area contributed by atoms with Crippen LogP contribution < -0.4 is 10.1 Å². The maximum atomic E-state index is 12.2. The highest BCUT2D eigenvalue weighted by molar-refractivity contribution is 6.32. The fourth-order valence-corrected chi connectivity index (χ4v) is 3.45. The molecule has 2 N–H and O–H groups in total. The Hall–Kier alpha value is -1.75. The Morgan fingerprint density at radius 3 is 2.61 bits per heavy atom. The number of carbonyl (C=O) groups is 2. The van der Waals surface area contributed by atoms with Gasteiger partial charge in [0.2, 0.25) is 5.91 Å². The molecule has 0 unspecified atom stereocenters. The average molecular weight is 340 g/mol. The van der Waals surface area contributed by atoms with Gasteiger partial charge in [-0.3, -0.25) is 9.59 Å². The fraction of sp³-hybridized carbons (Fsp3) is 0.529. The molecule has 0 heterocycles. The van der Waals surface area contributed by atoms with Gasteiger partial charge in [0.05, 0.1) is 24.1 Å². The van der Waals surface area contributed by atoms with Crippen molar-refractivity contribution in [2.75, 3.05) is 7.11 Å². The normalized spacial score (nSPS) is 16.1. The fourth-order valence-electron chi connectivity index (χ4n) is 3.17. The largest absolute Gasteiger partial charge is 0.495 e. The third kappa shape index (κ3) is 4.86. The van der Waals surface area contributed by atoms with Gasteiger partial charge in [-0.1, -0.05) is 30.5 Å². The Balaban J connectivity index is 1.91. The molecule has 0 spiro atoms. The minimum atomic E-state index is -0.867. The molecular weight excluding hydrogens is 318 g/mol. The van der Waals surface area contributed by atoms with Crippen LogP contribution in [0.4, 0.5) is 0 Å². The van der Waals surface area contributed by atoms with Crippen molar-refractivity contribution >= 4 is 23.5 Å². The van der Waals surface area contributed by atoms with Crippen molar-refractivity contribution in [3.63, 3.8) is 0 Å². The number of amides is 1. The lowest BCUT2D eigenvalue weighted by Crippen LogP contribution is -2.47. The molecule has 0 bridgehead atoms. The van der Waals surface area contributed by atoms with Gasteiger partial charge < -0.3 is 15.2 Å². The number of rotatable bonds is 7. The number of carboxylic acids is 1. The molecule has 126 valence electrons. The minimum Gasteiger partial charge on any atom is -0.495 e. The summed E-state index contributed by atoms with van der Waals surface area (Å²) in [5, 5.41) is 12.5. The van der Waals surface area contributed by atoms with Crippen LogP contribution in [0.3, 0.4) is 0 Å². The predicted molar refractivity (Wildman–Crippen MR) is 87.9 cm³/mol. The first-order chi connectivity index (χ1) is 10.9. The molecule has 23 heavy (non-hydrogen) atoms. The smallest absolute Gasteiger partial charge is 0.305 e. The molecule has 1 amide bonds. The molecule has 0 aromatic heterocycles. The lowest BCUT2D eigenvalue weighted by molar-refractivity contribution is -0.139. The van der Waals surface area contributed by atoms with E-state index in [2.05, 4.69) is 5.32 Å². The number of methoxy groups -OCH3 is 1. The van der Waals surface area contributed by atoms with Crippen molar-refractivity contribution in [3.05, 3.63) is 28.8 Å². The van der Waals surface area contributed by atoms with Crippen LogP contribution in [-0.2, 0) is 16.0 Å². The Labute approximate surface area is 141 Å². The average Bonchev–Trinajstić information content (AvgIpc) is 2.92. The van der Waals surface area contributed by atoms with E-state index in [1.54, 1.807) is 19.2 Å². The lowest BCUT2D eigenvalue weighted by Gasteiger charge is -2.28. The Kier molecular flexibility index (Phi) is 5.88. The molecule has 1 fully saturated rings. The Bertz CT molecular complexity index is 582. The number of carboxylic acid groups (broad SMARTS) is 1. The van der Waals surface area contributed by atoms with Crippen LogP contribution in [0.2, 0.25) is 5.02 Å². The van der Waals surface area contributed by atoms with Crippen molar-refractivity contribution in [3.8, 4) is 5.75 Å². The number of aryl methyl sites for hydroxylation is 1. The summed E-state index contributed by atoms with van der Waals surface area (Å²) in [6, 6.07) is 5.44. The number of hydrogen-bond acceptors (Lipinski definition) is 3. The van der Waals surface area contributed by atoms with Crippen LogP contribution in [0.15, 0.2) is 18.2 Å². The first-order valence-corrected chi connectivity index (χ1v) is 8.17. The second kappa shape index (κ2) is 7.68. The first-order valence-electron chi connectivity index (χ1n) is 7.79. The number of aliphatic carboxylic acids is 1. The highest BCUT2D eigenvalue weighted by atomic mass is 35.5.